The maximum Gasteiger partial charge on any atom is 0.343 e. The number of ether oxygens (including phenoxy) is 5. The highest BCUT2D eigenvalue weighted by molar-refractivity contribution is 5.91. The van der Waals surface area contributed by atoms with E-state index in [-0.39, 0.29) is 0 Å². The lowest BCUT2D eigenvalue weighted by Crippen LogP contribution is -2.21. The molecule has 0 spiro atoms. The number of unbranched alkanes of at least 4 members (excludes halogenated alkanes) is 3. The molecule has 0 N–H and O–H groups in total. The molecule has 0 heterocycles. The molecule has 0 aliphatic heterocycles. The van der Waals surface area contributed by atoms with E-state index in [0.717, 1.165) is 89.8 Å². The summed E-state index contributed by atoms with van der Waals surface area (Å²) in [5, 5.41) is 26.3. The first-order chi connectivity index (χ1) is 37.0. The van der Waals surface area contributed by atoms with Crippen molar-refractivity contribution in [3.63, 3.8) is 0 Å². The van der Waals surface area contributed by atoms with Gasteiger partial charge in [-0.1, -0.05) is 38.6 Å². The van der Waals surface area contributed by atoms with Crippen LogP contribution in [0.1, 0.15) is 86.3 Å². The maximum atomic E-state index is 12.5. The zero-order valence-corrected chi connectivity index (χ0v) is 44.4. The number of hydrogen-bond acceptors (Lipinski definition) is 15. The standard InChI is InChI=1S/C33H37N7.C28H32O8/c1-5-8-9-26-10-12-27(13-11-26)34-35-28-14-16-29(17-15-28)37-39-33-23-20-31(24-25(33)4)38-36-30-18-21-32(22-19-30)40(6-2)7-3;1-4-26(29)34-18-8-6-16-32-23-12-10-22(11-13-23)28(31)36-25-15-14-24(20-21(25)3)33-17-7-9-19-35-27(30)5-2/h10-24H,5-9H2,1-4H3;4-5,10-15,20H,1-2,6-9,16-19H2,3H3. The van der Waals surface area contributed by atoms with Gasteiger partial charge in [0.05, 0.1) is 66.1 Å². The van der Waals surface area contributed by atoms with Crippen molar-refractivity contribution in [3.8, 4) is 17.2 Å². The molecule has 15 heteroatoms. The number of hydrogen-bond donors (Lipinski definition) is 0. The van der Waals surface area contributed by atoms with Crippen molar-refractivity contribution in [2.45, 2.75) is 79.6 Å². The smallest absolute Gasteiger partial charge is 0.343 e. The van der Waals surface area contributed by atoms with Gasteiger partial charge in [0.2, 0.25) is 0 Å². The van der Waals surface area contributed by atoms with Gasteiger partial charge in [0.25, 0.3) is 0 Å². The van der Waals surface area contributed by atoms with Crippen molar-refractivity contribution in [2.75, 3.05) is 44.4 Å². The number of azo groups is 3. The van der Waals surface area contributed by atoms with Crippen LogP contribution in [-0.2, 0) is 25.5 Å². The van der Waals surface area contributed by atoms with E-state index >= 15 is 0 Å². The molecule has 0 saturated heterocycles. The molecule has 0 aliphatic rings. The van der Waals surface area contributed by atoms with E-state index in [2.05, 4.69) is 93.8 Å². The summed E-state index contributed by atoms with van der Waals surface area (Å²) in [6.45, 7) is 20.6. The number of carbonyl (C=O) groups excluding carboxylic acids is 3. The number of carbonyl (C=O) groups is 3. The summed E-state index contributed by atoms with van der Waals surface area (Å²) < 4.78 is 26.7. The zero-order chi connectivity index (χ0) is 54.3. The van der Waals surface area contributed by atoms with Crippen molar-refractivity contribution >= 4 is 57.7 Å². The van der Waals surface area contributed by atoms with Crippen molar-refractivity contribution in [1.82, 2.24) is 0 Å². The summed E-state index contributed by atoms with van der Waals surface area (Å²) >= 11 is 0. The summed E-state index contributed by atoms with van der Waals surface area (Å²) in [5.41, 5.74) is 9.40. The Morgan fingerprint density at radius 2 is 0.974 bits per heavy atom. The van der Waals surface area contributed by atoms with Crippen LogP contribution in [0.25, 0.3) is 0 Å². The van der Waals surface area contributed by atoms with Crippen LogP contribution >= 0.6 is 0 Å². The van der Waals surface area contributed by atoms with Crippen LogP contribution in [0, 0.1) is 13.8 Å². The fourth-order valence-electron chi connectivity index (χ4n) is 7.10. The summed E-state index contributed by atoms with van der Waals surface area (Å²) in [4.78, 5) is 36.8. The Morgan fingerprint density at radius 1 is 0.500 bits per heavy atom. The number of rotatable bonds is 28. The second-order valence-electron chi connectivity index (χ2n) is 17.2. The summed E-state index contributed by atoms with van der Waals surface area (Å²) in [6, 6.07) is 41.6. The zero-order valence-electron chi connectivity index (χ0n) is 44.4. The molecule has 0 unspecified atom stereocenters. The Morgan fingerprint density at radius 3 is 1.49 bits per heavy atom. The Hall–Kier alpha value is -8.59. The van der Waals surface area contributed by atoms with E-state index in [1.807, 2.05) is 80.6 Å². The second-order valence-corrected chi connectivity index (χ2v) is 17.2. The molecule has 396 valence electrons. The predicted octanol–water partition coefficient (Wildman–Crippen LogP) is 16.4. The molecule has 6 rings (SSSR count). The van der Waals surface area contributed by atoms with Crippen LogP contribution in [-0.4, -0.2) is 57.4 Å². The molecule has 0 saturated carbocycles. The third kappa shape index (κ3) is 20.7. The number of aryl methyl sites for hydroxylation is 3. The molecule has 0 fully saturated rings. The highest BCUT2D eigenvalue weighted by atomic mass is 16.5. The van der Waals surface area contributed by atoms with Gasteiger partial charge >= 0.3 is 17.9 Å². The molecule has 15 nitrogen and oxygen atoms in total. The van der Waals surface area contributed by atoms with Crippen LogP contribution in [0.15, 0.2) is 189 Å². The molecule has 6 aromatic carbocycles. The molecule has 0 aliphatic carbocycles. The van der Waals surface area contributed by atoms with E-state index in [4.69, 9.17) is 23.7 Å². The Bertz CT molecular complexity index is 2860. The van der Waals surface area contributed by atoms with Gasteiger partial charge in [-0.25, -0.2) is 14.4 Å². The summed E-state index contributed by atoms with van der Waals surface area (Å²) in [5.74, 6) is 0.396. The fourth-order valence-corrected chi connectivity index (χ4v) is 7.10. The quantitative estimate of drug-likeness (QED) is 0.0152. The van der Waals surface area contributed by atoms with Gasteiger partial charge in [-0.05, 0) is 204 Å². The fraction of sp³-hybridized carbons (Fsp3) is 0.295. The number of esters is 3. The van der Waals surface area contributed by atoms with Crippen molar-refractivity contribution < 1.29 is 38.1 Å². The van der Waals surface area contributed by atoms with Crippen LogP contribution < -0.4 is 19.1 Å². The highest BCUT2D eigenvalue weighted by Gasteiger charge is 2.12. The minimum absolute atomic E-state index is 0.320. The third-order valence-corrected chi connectivity index (χ3v) is 11.5. The van der Waals surface area contributed by atoms with E-state index < -0.39 is 17.9 Å². The van der Waals surface area contributed by atoms with Crippen molar-refractivity contribution in [2.24, 2.45) is 30.7 Å². The van der Waals surface area contributed by atoms with Crippen molar-refractivity contribution in [1.29, 1.82) is 0 Å². The van der Waals surface area contributed by atoms with Gasteiger partial charge < -0.3 is 28.6 Å². The summed E-state index contributed by atoms with van der Waals surface area (Å²) in [6.07, 6.45) is 8.58. The molecule has 0 radical (unpaired) electrons. The molecule has 0 aromatic heterocycles. The minimum Gasteiger partial charge on any atom is -0.494 e. The lowest BCUT2D eigenvalue weighted by Gasteiger charge is -2.20. The Kier molecular flexibility index (Phi) is 25.0. The van der Waals surface area contributed by atoms with E-state index in [1.54, 1.807) is 42.5 Å². The minimum atomic E-state index is -0.476. The number of anilines is 1. The normalized spacial score (nSPS) is 11.0. The van der Waals surface area contributed by atoms with Crippen LogP contribution in [0.4, 0.5) is 39.8 Å². The SMILES string of the molecule is C=CC(=O)OCCCCOc1ccc(C(=O)Oc2ccc(OCCCCOC(=O)C=C)cc2C)cc1.CCCCc1ccc(N=Nc2ccc(N=Nc3ccc(N=Nc4ccc(N(CC)CC)cc4)cc3C)cc2)cc1. The van der Waals surface area contributed by atoms with Gasteiger partial charge in [0, 0.05) is 30.9 Å². The van der Waals surface area contributed by atoms with E-state index in [9.17, 15) is 14.4 Å². The second kappa shape index (κ2) is 32.6. The van der Waals surface area contributed by atoms with Gasteiger partial charge in [-0.3, -0.25) is 0 Å². The lowest BCUT2D eigenvalue weighted by atomic mass is 10.1. The van der Waals surface area contributed by atoms with Crippen LogP contribution in [0.2, 0.25) is 0 Å². The average molecular weight is 1030 g/mol. The van der Waals surface area contributed by atoms with E-state index in [1.165, 1.54) is 24.1 Å². The van der Waals surface area contributed by atoms with E-state index in [0.29, 0.717) is 62.1 Å². The molecule has 0 bridgehead atoms. The first-order valence-electron chi connectivity index (χ1n) is 25.7. The number of nitrogens with zero attached hydrogens (tertiary/aromatic N) is 7. The van der Waals surface area contributed by atoms with Crippen molar-refractivity contribution in [3.05, 3.63) is 181 Å². The van der Waals surface area contributed by atoms with Gasteiger partial charge in [0.15, 0.2) is 0 Å². The molecule has 0 amide bonds. The first-order valence-corrected chi connectivity index (χ1v) is 25.7. The largest absolute Gasteiger partial charge is 0.494 e. The van der Waals surface area contributed by atoms with Gasteiger partial charge in [-0.2, -0.15) is 30.7 Å². The van der Waals surface area contributed by atoms with Gasteiger partial charge in [-0.15, -0.1) is 0 Å². The third-order valence-electron chi connectivity index (χ3n) is 11.5. The molecule has 0 atom stereocenters. The highest BCUT2D eigenvalue weighted by Crippen LogP contribution is 2.30. The molecule has 76 heavy (non-hydrogen) atoms. The predicted molar refractivity (Wildman–Crippen MR) is 300 cm³/mol. The summed E-state index contributed by atoms with van der Waals surface area (Å²) in [7, 11) is 0. The monoisotopic (exact) mass is 1030 g/mol. The number of benzene rings is 6. The Labute approximate surface area is 447 Å². The molecule has 6 aromatic rings. The maximum absolute atomic E-state index is 12.5. The van der Waals surface area contributed by atoms with Crippen LogP contribution in [0.3, 0.4) is 0 Å². The lowest BCUT2D eigenvalue weighted by molar-refractivity contribution is -0.138. The van der Waals surface area contributed by atoms with Gasteiger partial charge in [0.1, 0.15) is 17.2 Å². The Balaban J connectivity index is 0.000000283. The topological polar surface area (TPSA) is 175 Å². The average Bonchev–Trinajstić information content (AvgIpc) is 3.45. The first kappa shape index (κ1) is 58.3. The van der Waals surface area contributed by atoms with Crippen LogP contribution in [0.5, 0.6) is 17.2 Å². The molecular formula is C61H69N7O8. The molecular weight excluding hydrogens is 959 g/mol.